The molecule has 0 heterocycles. The van der Waals surface area contributed by atoms with E-state index >= 15 is 0 Å². The summed E-state index contributed by atoms with van der Waals surface area (Å²) in [4.78, 5) is 10.7. The summed E-state index contributed by atoms with van der Waals surface area (Å²) in [6.07, 6.45) is 2.73. The molecule has 0 aromatic heterocycles. The smallest absolute Gasteiger partial charge is 0.307 e. The van der Waals surface area contributed by atoms with Crippen molar-refractivity contribution in [3.8, 4) is 5.75 Å². The number of carboxylic acids is 1. The predicted molar refractivity (Wildman–Crippen MR) is 71.8 cm³/mol. The van der Waals surface area contributed by atoms with E-state index in [4.69, 9.17) is 21.4 Å². The minimum absolute atomic E-state index is 0.168. The molecule has 0 fully saturated rings. The molecule has 0 bridgehead atoms. The van der Waals surface area contributed by atoms with Crippen molar-refractivity contribution in [3.63, 3.8) is 0 Å². The highest BCUT2D eigenvalue weighted by atomic mass is 35.5. The standard InChI is InChI=1S/C14H13ClO3/c1-3-10(9-14(16)17)13(4-2)18-12-7-5-11(15)6-8-12/h3-8H,1-2,9H2,(H,16,17)/b13-10-. The van der Waals surface area contributed by atoms with Gasteiger partial charge in [-0.1, -0.05) is 30.8 Å². The molecule has 1 aromatic rings. The molecule has 0 aliphatic carbocycles. The molecule has 1 aromatic carbocycles. The van der Waals surface area contributed by atoms with E-state index in [1.54, 1.807) is 24.3 Å². The molecule has 94 valence electrons. The van der Waals surface area contributed by atoms with Gasteiger partial charge in [-0.25, -0.2) is 0 Å². The van der Waals surface area contributed by atoms with Gasteiger partial charge in [0.2, 0.25) is 0 Å². The normalized spacial score (nSPS) is 11.4. The highest BCUT2D eigenvalue weighted by molar-refractivity contribution is 6.30. The van der Waals surface area contributed by atoms with E-state index in [1.807, 2.05) is 0 Å². The molecule has 0 radical (unpaired) electrons. The lowest BCUT2D eigenvalue weighted by atomic mass is 10.1. The average molecular weight is 265 g/mol. The van der Waals surface area contributed by atoms with Gasteiger partial charge in [0, 0.05) is 10.6 Å². The van der Waals surface area contributed by atoms with Gasteiger partial charge in [0.1, 0.15) is 11.5 Å². The monoisotopic (exact) mass is 264 g/mol. The number of aliphatic carboxylic acids is 1. The third-order valence-electron chi connectivity index (χ3n) is 2.13. The van der Waals surface area contributed by atoms with Crippen LogP contribution < -0.4 is 4.74 Å². The number of rotatable bonds is 6. The van der Waals surface area contributed by atoms with Gasteiger partial charge in [-0.2, -0.15) is 0 Å². The number of carbonyl (C=O) groups is 1. The number of hydrogen-bond donors (Lipinski definition) is 1. The van der Waals surface area contributed by atoms with Crippen LogP contribution in [0.2, 0.25) is 5.02 Å². The number of benzene rings is 1. The first-order valence-electron chi connectivity index (χ1n) is 5.20. The van der Waals surface area contributed by atoms with Gasteiger partial charge in [-0.05, 0) is 30.3 Å². The summed E-state index contributed by atoms with van der Waals surface area (Å²) in [5.74, 6) is -0.0299. The van der Waals surface area contributed by atoms with Crippen LogP contribution >= 0.6 is 11.6 Å². The number of halogens is 1. The summed E-state index contributed by atoms with van der Waals surface area (Å²) in [6.45, 7) is 7.17. The van der Waals surface area contributed by atoms with Crippen molar-refractivity contribution < 1.29 is 14.6 Å². The number of allylic oxidation sites excluding steroid dienone is 2. The van der Waals surface area contributed by atoms with Gasteiger partial charge in [0.15, 0.2) is 0 Å². The Balaban J connectivity index is 2.98. The SMILES string of the molecule is C=C/C(CC(=O)O)=C(\C=C)Oc1ccc(Cl)cc1. The molecule has 0 unspecified atom stereocenters. The summed E-state index contributed by atoms with van der Waals surface area (Å²) >= 11 is 5.76. The largest absolute Gasteiger partial charge is 0.481 e. The number of carboxylic acid groups (broad SMARTS) is 1. The quantitative estimate of drug-likeness (QED) is 0.628. The van der Waals surface area contributed by atoms with Gasteiger partial charge in [0.05, 0.1) is 6.42 Å². The summed E-state index contributed by atoms with van der Waals surface area (Å²) in [5, 5.41) is 9.37. The van der Waals surface area contributed by atoms with Crippen LogP contribution in [0.15, 0.2) is 60.9 Å². The molecular weight excluding hydrogens is 252 g/mol. The van der Waals surface area contributed by atoms with E-state index in [0.717, 1.165) is 0 Å². The van der Waals surface area contributed by atoms with Gasteiger partial charge >= 0.3 is 5.97 Å². The van der Waals surface area contributed by atoms with Crippen molar-refractivity contribution >= 4 is 17.6 Å². The van der Waals surface area contributed by atoms with Crippen LogP contribution in [-0.4, -0.2) is 11.1 Å². The second-order valence-corrected chi connectivity index (χ2v) is 3.86. The van der Waals surface area contributed by atoms with Crippen LogP contribution in [0.1, 0.15) is 6.42 Å². The zero-order chi connectivity index (χ0) is 13.5. The molecular formula is C14H13ClO3. The van der Waals surface area contributed by atoms with E-state index in [-0.39, 0.29) is 6.42 Å². The Hall–Kier alpha value is -2.00. The Labute approximate surface area is 111 Å². The van der Waals surface area contributed by atoms with Crippen LogP contribution in [0, 0.1) is 0 Å². The van der Waals surface area contributed by atoms with Gasteiger partial charge < -0.3 is 9.84 Å². The van der Waals surface area contributed by atoms with Gasteiger partial charge in [-0.15, -0.1) is 0 Å². The fourth-order valence-corrected chi connectivity index (χ4v) is 1.42. The fourth-order valence-electron chi connectivity index (χ4n) is 1.29. The molecule has 4 heteroatoms. The van der Waals surface area contributed by atoms with E-state index in [1.165, 1.54) is 12.2 Å². The number of hydrogen-bond acceptors (Lipinski definition) is 2. The van der Waals surface area contributed by atoms with Crippen LogP contribution in [0.3, 0.4) is 0 Å². The van der Waals surface area contributed by atoms with Gasteiger partial charge in [0.25, 0.3) is 0 Å². The van der Waals surface area contributed by atoms with E-state index < -0.39 is 5.97 Å². The molecule has 0 saturated carbocycles. The van der Waals surface area contributed by atoms with Crippen molar-refractivity contribution in [2.45, 2.75) is 6.42 Å². The van der Waals surface area contributed by atoms with Crippen molar-refractivity contribution in [1.82, 2.24) is 0 Å². The Morgan fingerprint density at radius 1 is 1.28 bits per heavy atom. The van der Waals surface area contributed by atoms with Crippen molar-refractivity contribution in [3.05, 3.63) is 65.9 Å². The Morgan fingerprint density at radius 3 is 2.33 bits per heavy atom. The molecule has 3 nitrogen and oxygen atoms in total. The predicted octanol–water partition coefficient (Wildman–Crippen LogP) is 3.82. The first kappa shape index (κ1) is 14.1. The highest BCUT2D eigenvalue weighted by Crippen LogP contribution is 2.21. The molecule has 1 N–H and O–H groups in total. The third kappa shape index (κ3) is 4.11. The maximum absolute atomic E-state index is 10.7. The summed E-state index contributed by atoms with van der Waals surface area (Å²) < 4.78 is 5.54. The molecule has 18 heavy (non-hydrogen) atoms. The molecule has 0 spiro atoms. The molecule has 0 saturated heterocycles. The molecule has 0 amide bonds. The zero-order valence-corrected chi connectivity index (χ0v) is 10.5. The first-order chi connectivity index (χ1) is 8.56. The lowest BCUT2D eigenvalue weighted by molar-refractivity contribution is -0.136. The first-order valence-corrected chi connectivity index (χ1v) is 5.58. The van der Waals surface area contributed by atoms with Gasteiger partial charge in [-0.3, -0.25) is 4.79 Å². The Morgan fingerprint density at radius 2 is 1.89 bits per heavy atom. The van der Waals surface area contributed by atoms with Crippen LogP contribution in [0.4, 0.5) is 0 Å². The van der Waals surface area contributed by atoms with Crippen LogP contribution in [0.25, 0.3) is 0 Å². The second kappa shape index (κ2) is 6.67. The summed E-state index contributed by atoms with van der Waals surface area (Å²) in [5.41, 5.74) is 0.465. The number of ether oxygens (including phenoxy) is 1. The highest BCUT2D eigenvalue weighted by Gasteiger charge is 2.08. The molecule has 0 aliphatic rings. The van der Waals surface area contributed by atoms with Crippen molar-refractivity contribution in [1.29, 1.82) is 0 Å². The van der Waals surface area contributed by atoms with Crippen LogP contribution in [0.5, 0.6) is 5.75 Å². The maximum Gasteiger partial charge on any atom is 0.307 e. The second-order valence-electron chi connectivity index (χ2n) is 3.42. The molecule has 0 aliphatic heterocycles. The van der Waals surface area contributed by atoms with E-state index in [0.29, 0.717) is 22.1 Å². The average Bonchev–Trinajstić information content (AvgIpc) is 2.35. The molecule has 1 rings (SSSR count). The summed E-state index contributed by atoms with van der Waals surface area (Å²) in [6, 6.07) is 6.74. The topological polar surface area (TPSA) is 46.5 Å². The third-order valence-corrected chi connectivity index (χ3v) is 2.38. The Kier molecular flexibility index (Phi) is 5.21. The minimum atomic E-state index is -0.955. The summed E-state index contributed by atoms with van der Waals surface area (Å²) in [7, 11) is 0. The van der Waals surface area contributed by atoms with Crippen molar-refractivity contribution in [2.24, 2.45) is 0 Å². The van der Waals surface area contributed by atoms with E-state index in [2.05, 4.69) is 13.2 Å². The lowest BCUT2D eigenvalue weighted by Gasteiger charge is -2.09. The fraction of sp³-hybridized carbons (Fsp3) is 0.0714. The van der Waals surface area contributed by atoms with Crippen molar-refractivity contribution in [2.75, 3.05) is 0 Å². The minimum Gasteiger partial charge on any atom is -0.481 e. The van der Waals surface area contributed by atoms with Crippen LogP contribution in [-0.2, 0) is 4.79 Å². The lowest BCUT2D eigenvalue weighted by Crippen LogP contribution is -2.02. The Bertz CT molecular complexity index is 486. The molecule has 0 atom stereocenters. The van der Waals surface area contributed by atoms with E-state index in [9.17, 15) is 4.79 Å². The zero-order valence-electron chi connectivity index (χ0n) is 9.73. The maximum atomic E-state index is 10.7.